The van der Waals surface area contributed by atoms with E-state index >= 15 is 0 Å². The summed E-state index contributed by atoms with van der Waals surface area (Å²) in [5.41, 5.74) is 3.72. The van der Waals surface area contributed by atoms with Crippen LogP contribution in [0.4, 0.5) is 0 Å². The normalized spacial score (nSPS) is 27.1. The maximum absolute atomic E-state index is 12.5. The monoisotopic (exact) mass is 312 g/mol. The molecule has 1 saturated heterocycles. The quantitative estimate of drug-likeness (QED) is 0.914. The number of para-hydroxylation sites is 1. The number of piperidine rings is 1. The van der Waals surface area contributed by atoms with Crippen molar-refractivity contribution >= 4 is 16.8 Å². The molecule has 2 atom stereocenters. The van der Waals surface area contributed by atoms with Crippen LogP contribution in [0, 0.1) is 5.41 Å². The molecule has 2 aliphatic heterocycles. The van der Waals surface area contributed by atoms with Crippen molar-refractivity contribution in [3.05, 3.63) is 35.5 Å². The van der Waals surface area contributed by atoms with Gasteiger partial charge in [0.05, 0.1) is 6.04 Å². The van der Waals surface area contributed by atoms with Gasteiger partial charge in [-0.25, -0.2) is 0 Å². The number of nitrogens with zero attached hydrogens (tertiary/aromatic N) is 1. The van der Waals surface area contributed by atoms with Crippen molar-refractivity contribution in [2.75, 3.05) is 13.2 Å². The van der Waals surface area contributed by atoms with Crippen molar-refractivity contribution in [2.24, 2.45) is 5.41 Å². The second kappa shape index (κ2) is 5.38. The van der Waals surface area contributed by atoms with Gasteiger partial charge in [-0.3, -0.25) is 4.79 Å². The molecule has 0 spiro atoms. The van der Waals surface area contributed by atoms with Gasteiger partial charge in [0.2, 0.25) is 5.91 Å². The Morgan fingerprint density at radius 2 is 2.17 bits per heavy atom. The summed E-state index contributed by atoms with van der Waals surface area (Å²) in [5.74, 6) is 0.265. The number of aliphatic hydroxyl groups is 1. The molecular formula is C19H24N2O2. The van der Waals surface area contributed by atoms with Gasteiger partial charge in [-0.15, -0.1) is 0 Å². The number of aromatic nitrogens is 1. The first kappa shape index (κ1) is 14.8. The Bertz CT molecular complexity index is 751. The number of aromatic amines is 1. The van der Waals surface area contributed by atoms with Gasteiger partial charge in [0.1, 0.15) is 0 Å². The van der Waals surface area contributed by atoms with E-state index in [0.717, 1.165) is 37.7 Å². The highest BCUT2D eigenvalue weighted by Crippen LogP contribution is 2.53. The molecule has 4 heteroatoms. The van der Waals surface area contributed by atoms with Crippen LogP contribution >= 0.6 is 0 Å². The number of fused-ring (bicyclic) bond motifs is 5. The van der Waals surface area contributed by atoms with Gasteiger partial charge in [0, 0.05) is 36.2 Å². The van der Waals surface area contributed by atoms with E-state index in [1.807, 2.05) is 0 Å². The van der Waals surface area contributed by atoms with E-state index in [-0.39, 0.29) is 24.0 Å². The van der Waals surface area contributed by atoms with Crippen LogP contribution in [-0.4, -0.2) is 34.0 Å². The van der Waals surface area contributed by atoms with Gasteiger partial charge in [0.15, 0.2) is 0 Å². The molecule has 4 nitrogen and oxygen atoms in total. The van der Waals surface area contributed by atoms with E-state index in [0.29, 0.717) is 6.42 Å². The molecule has 2 N–H and O–H groups in total. The Morgan fingerprint density at radius 1 is 1.35 bits per heavy atom. The van der Waals surface area contributed by atoms with Gasteiger partial charge >= 0.3 is 0 Å². The molecule has 0 aliphatic carbocycles. The summed E-state index contributed by atoms with van der Waals surface area (Å²) in [6, 6.07) is 8.49. The Kier molecular flexibility index (Phi) is 3.45. The molecule has 1 aromatic heterocycles. The van der Waals surface area contributed by atoms with Gasteiger partial charge in [0.25, 0.3) is 0 Å². The predicted molar refractivity (Wildman–Crippen MR) is 90.1 cm³/mol. The highest BCUT2D eigenvalue weighted by molar-refractivity contribution is 5.86. The number of amides is 1. The van der Waals surface area contributed by atoms with Crippen LogP contribution in [0.25, 0.3) is 10.9 Å². The topological polar surface area (TPSA) is 56.3 Å². The zero-order valence-electron chi connectivity index (χ0n) is 13.6. The van der Waals surface area contributed by atoms with E-state index in [9.17, 15) is 9.90 Å². The number of H-pyrrole nitrogens is 1. The molecule has 2 aliphatic rings. The minimum atomic E-state index is -0.0152. The van der Waals surface area contributed by atoms with Crippen LogP contribution in [0.15, 0.2) is 24.3 Å². The SMILES string of the molecule is CC[C@@]1(CCO)CCC(=O)N2CCc3c([nH]c4ccccc34)[C@@H]21. The highest BCUT2D eigenvalue weighted by Gasteiger charge is 2.49. The van der Waals surface area contributed by atoms with Gasteiger partial charge < -0.3 is 15.0 Å². The molecule has 1 amide bonds. The van der Waals surface area contributed by atoms with Crippen molar-refractivity contribution in [1.29, 1.82) is 0 Å². The minimum absolute atomic E-state index is 0.0152. The summed E-state index contributed by atoms with van der Waals surface area (Å²) in [6.45, 7) is 3.17. The molecule has 23 heavy (non-hydrogen) atoms. The highest BCUT2D eigenvalue weighted by atomic mass is 16.3. The first-order chi connectivity index (χ1) is 11.2. The fourth-order valence-corrected chi connectivity index (χ4v) is 4.81. The number of benzene rings is 1. The molecule has 3 heterocycles. The standard InChI is InChI=1S/C19H24N2O2/c1-2-19(10-12-22)9-7-16(23)21-11-8-14-13-5-3-4-6-15(13)20-17(14)18(19)21/h3-6,18,20,22H,2,7-12H2,1H3/t18-,19+/m1/s1. The number of carbonyl (C=O) groups is 1. The number of aliphatic hydroxyl groups excluding tert-OH is 1. The largest absolute Gasteiger partial charge is 0.396 e. The van der Waals surface area contributed by atoms with E-state index < -0.39 is 0 Å². The Labute approximate surface area is 136 Å². The zero-order valence-corrected chi connectivity index (χ0v) is 13.6. The third kappa shape index (κ3) is 2.04. The predicted octanol–water partition coefficient (Wildman–Crippen LogP) is 3.17. The molecule has 2 aromatic rings. The number of carbonyl (C=O) groups excluding carboxylic acids is 1. The van der Waals surface area contributed by atoms with Crippen LogP contribution < -0.4 is 0 Å². The van der Waals surface area contributed by atoms with Crippen molar-refractivity contribution in [2.45, 2.75) is 45.1 Å². The second-order valence-electron chi connectivity index (χ2n) is 6.99. The summed E-state index contributed by atoms with van der Waals surface area (Å²) in [6.07, 6.45) is 4.14. The summed E-state index contributed by atoms with van der Waals surface area (Å²) in [7, 11) is 0. The van der Waals surface area contributed by atoms with E-state index in [4.69, 9.17) is 0 Å². The molecule has 0 unspecified atom stereocenters. The number of hydrogen-bond acceptors (Lipinski definition) is 2. The fourth-order valence-electron chi connectivity index (χ4n) is 4.81. The number of rotatable bonds is 3. The van der Waals surface area contributed by atoms with Crippen molar-refractivity contribution in [1.82, 2.24) is 9.88 Å². The molecule has 0 bridgehead atoms. The molecule has 0 saturated carbocycles. The van der Waals surface area contributed by atoms with Crippen LogP contribution in [0.1, 0.15) is 49.9 Å². The van der Waals surface area contributed by atoms with Gasteiger partial charge in [-0.1, -0.05) is 25.1 Å². The zero-order chi connectivity index (χ0) is 16.0. The maximum Gasteiger partial charge on any atom is 0.223 e. The second-order valence-corrected chi connectivity index (χ2v) is 6.99. The van der Waals surface area contributed by atoms with Gasteiger partial charge in [-0.05, 0) is 42.7 Å². The van der Waals surface area contributed by atoms with Crippen molar-refractivity contribution in [3.8, 4) is 0 Å². The molecule has 1 aromatic carbocycles. The lowest BCUT2D eigenvalue weighted by atomic mass is 9.66. The summed E-state index contributed by atoms with van der Waals surface area (Å²) in [5, 5.41) is 10.9. The molecule has 1 fully saturated rings. The third-order valence-electron chi connectivity index (χ3n) is 6.09. The van der Waals surface area contributed by atoms with Crippen LogP contribution in [0.5, 0.6) is 0 Å². The average molecular weight is 312 g/mol. The summed E-state index contributed by atoms with van der Waals surface area (Å²) < 4.78 is 0. The van der Waals surface area contributed by atoms with Crippen LogP contribution in [0.2, 0.25) is 0 Å². The Morgan fingerprint density at radius 3 is 2.96 bits per heavy atom. The lowest BCUT2D eigenvalue weighted by molar-refractivity contribution is -0.146. The number of hydrogen-bond donors (Lipinski definition) is 2. The average Bonchev–Trinajstić information content (AvgIpc) is 2.96. The van der Waals surface area contributed by atoms with E-state index in [1.165, 1.54) is 16.6 Å². The summed E-state index contributed by atoms with van der Waals surface area (Å²) in [4.78, 5) is 18.2. The molecule has 0 radical (unpaired) electrons. The first-order valence-electron chi connectivity index (χ1n) is 8.70. The smallest absolute Gasteiger partial charge is 0.223 e. The molecule has 4 rings (SSSR count). The fraction of sp³-hybridized carbons (Fsp3) is 0.526. The molecule has 122 valence electrons. The van der Waals surface area contributed by atoms with Crippen LogP contribution in [-0.2, 0) is 11.2 Å². The van der Waals surface area contributed by atoms with Crippen LogP contribution in [0.3, 0.4) is 0 Å². The lowest BCUT2D eigenvalue weighted by Gasteiger charge is -2.51. The van der Waals surface area contributed by atoms with Gasteiger partial charge in [-0.2, -0.15) is 0 Å². The van der Waals surface area contributed by atoms with E-state index in [2.05, 4.69) is 41.1 Å². The first-order valence-corrected chi connectivity index (χ1v) is 8.70. The maximum atomic E-state index is 12.5. The summed E-state index contributed by atoms with van der Waals surface area (Å²) >= 11 is 0. The third-order valence-corrected chi connectivity index (χ3v) is 6.09. The van der Waals surface area contributed by atoms with Crippen molar-refractivity contribution < 1.29 is 9.90 Å². The molecular weight excluding hydrogens is 288 g/mol. The van der Waals surface area contributed by atoms with E-state index in [1.54, 1.807) is 0 Å². The Balaban J connectivity index is 1.91. The minimum Gasteiger partial charge on any atom is -0.396 e. The Hall–Kier alpha value is -1.81. The lowest BCUT2D eigenvalue weighted by Crippen LogP contribution is -2.52. The van der Waals surface area contributed by atoms with Crippen molar-refractivity contribution in [3.63, 3.8) is 0 Å². The number of nitrogens with one attached hydrogen (secondary N) is 1.